The Hall–Kier alpha value is -6.22. The van der Waals surface area contributed by atoms with Gasteiger partial charge in [-0.05, 0) is 87.4 Å². The lowest BCUT2D eigenvalue weighted by atomic mass is 10.00. The molecule has 0 fully saturated rings. The van der Waals surface area contributed by atoms with E-state index in [1.807, 2.05) is 18.2 Å². The van der Waals surface area contributed by atoms with Gasteiger partial charge in [-0.3, -0.25) is 33.6 Å². The van der Waals surface area contributed by atoms with Gasteiger partial charge in [-0.25, -0.2) is 10.9 Å². The van der Waals surface area contributed by atoms with Crippen LogP contribution in [0, 0.1) is 0 Å². The molecule has 0 bridgehead atoms. The fourth-order valence-corrected chi connectivity index (χ4v) is 8.09. The predicted octanol–water partition coefficient (Wildman–Crippen LogP) is -1.41. The molecule has 22 nitrogen and oxygen atoms in total. The number of fused-ring (bicyclic) bond motifs is 1. The number of hydrazine groups is 1. The lowest BCUT2D eigenvalue weighted by Crippen LogP contribution is -2.62. The Balaban J connectivity index is 1.61. The van der Waals surface area contributed by atoms with Crippen molar-refractivity contribution in [2.75, 3.05) is 18.1 Å². The van der Waals surface area contributed by atoms with Gasteiger partial charge in [0.05, 0.1) is 18.2 Å². The number of carbonyl (C=O) groups excluding carboxylic acids is 8. The van der Waals surface area contributed by atoms with Crippen LogP contribution in [0.2, 0.25) is 0 Å². The molecule has 24 heteroatoms. The van der Waals surface area contributed by atoms with E-state index < -0.39 is 114 Å². The van der Waals surface area contributed by atoms with E-state index >= 15 is 0 Å². The van der Waals surface area contributed by atoms with Crippen molar-refractivity contribution >= 4 is 83.5 Å². The SMILES string of the molecule is [2H]C(=O)[C@H](Cc1ccc(O)cc1)NC(=O)C(CS)NNC(Cc1ccccc1)C(=O)N[C@@H](Cc1c[nH]c2ccccc12)C(=O)NC(CCCCN)C(=O)N[C@H](C(=O)NC(CS)C(=O)C(=O)[C@@H](NO)[C@@H](C)O)[C@@H](C)O. The second-order valence-electron chi connectivity index (χ2n) is 17.3. The highest BCUT2D eigenvalue weighted by Gasteiger charge is 2.37. The zero-order valence-corrected chi connectivity index (χ0v) is 42.0. The van der Waals surface area contributed by atoms with Crippen molar-refractivity contribution in [3.05, 3.63) is 102 Å². The normalized spacial score (nSPS) is 15.6. The molecule has 15 N–H and O–H groups in total. The van der Waals surface area contributed by atoms with E-state index in [4.69, 9.17) is 7.10 Å². The fraction of sp³-hybridized carbons (Fsp3) is 0.429. The largest absolute Gasteiger partial charge is 0.508 e. The summed E-state index contributed by atoms with van der Waals surface area (Å²) in [7, 11) is 0. The van der Waals surface area contributed by atoms with Gasteiger partial charge < -0.3 is 62.6 Å². The Labute approximate surface area is 434 Å². The molecule has 0 saturated heterocycles. The number of benzene rings is 3. The van der Waals surface area contributed by atoms with E-state index in [0.29, 0.717) is 29.5 Å². The number of phenolic OH excluding ortho intramolecular Hbond substituents is 1. The molecule has 0 aliphatic carbocycles. The highest BCUT2D eigenvalue weighted by Crippen LogP contribution is 2.20. The van der Waals surface area contributed by atoms with Gasteiger partial charge in [-0.15, -0.1) is 0 Å². The van der Waals surface area contributed by atoms with Crippen LogP contribution in [0.1, 0.15) is 51.2 Å². The molecule has 4 aromatic rings. The minimum absolute atomic E-state index is 0.00659. The molecule has 1 aromatic heterocycles. The third-order valence-corrected chi connectivity index (χ3v) is 12.4. The first-order valence-electron chi connectivity index (χ1n) is 24.0. The zero-order valence-electron chi connectivity index (χ0n) is 41.2. The van der Waals surface area contributed by atoms with Gasteiger partial charge >= 0.3 is 0 Å². The van der Waals surface area contributed by atoms with Gasteiger partial charge in [0.25, 0.3) is 0 Å². The molecule has 3 aromatic carbocycles. The number of hydrogen-bond donors (Lipinski definition) is 16. The van der Waals surface area contributed by atoms with Crippen molar-refractivity contribution in [3.8, 4) is 5.75 Å². The summed E-state index contributed by atoms with van der Waals surface area (Å²) in [5.41, 5.74) is 15.6. The Bertz CT molecular complexity index is 2520. The number of nitrogens with two attached hydrogens (primary N) is 1. The number of aromatic amines is 1. The standard InChI is InChI=1S/C49H66N10O12S2/c1-27(61)41(59-71)44(65)43(64)39(25-72)55-49(70)42(28(2)62)56-45(66)36(14-8-9-19-50)53-46(67)37(22-31-23-51-35-13-7-6-12-34(31)35)54-47(68)38(21-29-10-4-3-5-11-29)57-58-40(26-73)48(69)52-32(24-60)20-30-15-17-33(63)18-16-30/h3-7,10-13,15-18,23-24,27-28,32,36-42,51,57-59,61-63,71-73H,8-9,14,19-22,25-26,50H2,1-2H3,(H,52,69)(H,53,67)(H,54,68)(H,55,70)(H,56,66)/t27-,28-,32+,36?,37+,38?,39?,40?,41+,42+/m1/s1/i24D. The quantitative estimate of drug-likeness (QED) is 0.00879. The lowest BCUT2D eigenvalue weighted by Gasteiger charge is -2.28. The van der Waals surface area contributed by atoms with Gasteiger partial charge in [-0.1, -0.05) is 60.7 Å². The maximum atomic E-state index is 14.6. The van der Waals surface area contributed by atoms with Crippen molar-refractivity contribution in [2.24, 2.45) is 5.73 Å². The highest BCUT2D eigenvalue weighted by molar-refractivity contribution is 7.80. The predicted molar refractivity (Wildman–Crippen MR) is 276 cm³/mol. The number of aromatic nitrogens is 1. The molecule has 4 unspecified atom stereocenters. The zero-order chi connectivity index (χ0) is 54.5. The number of hydrogen-bond acceptors (Lipinski definition) is 18. The van der Waals surface area contributed by atoms with Crippen LogP contribution in [0.5, 0.6) is 5.75 Å². The number of aliphatic hydroxyl groups is 2. The van der Waals surface area contributed by atoms with Gasteiger partial charge in [0, 0.05) is 35.0 Å². The first kappa shape index (κ1) is 57.7. The number of carbonyl (C=O) groups is 8. The Morgan fingerprint density at radius 1 is 0.644 bits per heavy atom. The topological polar surface area (TPSA) is 356 Å². The number of aromatic hydroxyl groups is 1. The molecule has 1 heterocycles. The van der Waals surface area contributed by atoms with E-state index in [-0.39, 0.29) is 43.7 Å². The Kier molecular flexibility index (Phi) is 23.8. The second-order valence-corrected chi connectivity index (χ2v) is 18.1. The second kappa shape index (κ2) is 30.1. The molecule has 0 aliphatic rings. The molecular weight excluding hydrogens is 985 g/mol. The minimum Gasteiger partial charge on any atom is -0.508 e. The van der Waals surface area contributed by atoms with Crippen LogP contribution >= 0.6 is 25.3 Å². The number of H-pyrrole nitrogens is 1. The molecule has 0 radical (unpaired) electrons. The summed E-state index contributed by atoms with van der Waals surface area (Å²) in [5.74, 6) is -7.47. The van der Waals surface area contributed by atoms with Crippen LogP contribution in [0.3, 0.4) is 0 Å². The summed E-state index contributed by atoms with van der Waals surface area (Å²) in [4.78, 5) is 112. The monoisotopic (exact) mass is 1050 g/mol. The molecule has 5 amide bonds. The summed E-state index contributed by atoms with van der Waals surface area (Å²) in [5, 5.41) is 53.1. The lowest BCUT2D eigenvalue weighted by molar-refractivity contribution is -0.143. The first-order valence-corrected chi connectivity index (χ1v) is 24.7. The van der Waals surface area contributed by atoms with Gasteiger partial charge in [-0.2, -0.15) is 30.7 Å². The summed E-state index contributed by atoms with van der Waals surface area (Å²) in [6.07, 6.45) is -2.00. The smallest absolute Gasteiger partial charge is 0.245 e. The van der Waals surface area contributed by atoms with Crippen LogP contribution in [0.15, 0.2) is 85.1 Å². The first-order chi connectivity index (χ1) is 35.3. The number of hydroxylamine groups is 1. The van der Waals surface area contributed by atoms with E-state index in [9.17, 15) is 58.9 Å². The number of phenols is 1. The number of ketones is 2. The van der Waals surface area contributed by atoms with Crippen LogP contribution in [-0.2, 0) is 57.6 Å². The number of thiol groups is 2. The maximum absolute atomic E-state index is 14.6. The van der Waals surface area contributed by atoms with Crippen molar-refractivity contribution < 1.29 is 60.3 Å². The summed E-state index contributed by atoms with van der Waals surface area (Å²) in [6.45, 7) is 2.54. The van der Waals surface area contributed by atoms with Crippen LogP contribution < -0.4 is 48.6 Å². The van der Waals surface area contributed by atoms with Gasteiger partial charge in [0.2, 0.25) is 41.1 Å². The molecule has 0 saturated carbocycles. The Morgan fingerprint density at radius 2 is 1.21 bits per heavy atom. The average Bonchev–Trinajstić information content (AvgIpc) is 3.79. The number of rotatable bonds is 32. The maximum Gasteiger partial charge on any atom is 0.245 e. The molecule has 0 spiro atoms. The molecule has 396 valence electrons. The van der Waals surface area contributed by atoms with E-state index in [1.165, 1.54) is 19.1 Å². The van der Waals surface area contributed by atoms with E-state index in [0.717, 1.165) is 17.8 Å². The van der Waals surface area contributed by atoms with E-state index in [1.54, 1.807) is 60.2 Å². The number of amides is 5. The van der Waals surface area contributed by atoms with Gasteiger partial charge in [0.15, 0.2) is 0 Å². The highest BCUT2D eigenvalue weighted by atomic mass is 32.1. The number of aliphatic hydroxyl groups excluding tert-OH is 2. The number of unbranched alkanes of at least 4 members (excludes halogenated alkanes) is 1. The minimum atomic E-state index is -1.76. The molecule has 73 heavy (non-hydrogen) atoms. The van der Waals surface area contributed by atoms with E-state index in [2.05, 4.69) is 67.7 Å². The van der Waals surface area contributed by atoms with Gasteiger partial charge in [0.1, 0.15) is 55.7 Å². The molecule has 4 rings (SSSR count). The van der Waals surface area contributed by atoms with Crippen LogP contribution in [0.25, 0.3) is 10.9 Å². The van der Waals surface area contributed by atoms with Crippen molar-refractivity contribution in [1.29, 1.82) is 0 Å². The van der Waals surface area contributed by atoms with Crippen LogP contribution in [0.4, 0.5) is 0 Å². The fourth-order valence-electron chi connectivity index (χ4n) is 7.58. The summed E-state index contributed by atoms with van der Waals surface area (Å²) < 4.78 is 7.80. The molecule has 0 aliphatic heterocycles. The number of Topliss-reactive ketones (excluding diaryl/α,β-unsaturated/α-hetero) is 2. The number of aldehydes is 1. The summed E-state index contributed by atoms with van der Waals surface area (Å²) in [6, 6.07) is 10.4. The van der Waals surface area contributed by atoms with Crippen molar-refractivity contribution in [2.45, 2.75) is 113 Å². The average molecular weight is 1050 g/mol. The van der Waals surface area contributed by atoms with Crippen LogP contribution in [-0.4, -0.2) is 151 Å². The van der Waals surface area contributed by atoms with Crippen molar-refractivity contribution in [3.63, 3.8) is 0 Å². The third kappa shape index (κ3) is 18.0. The Morgan fingerprint density at radius 3 is 1.82 bits per heavy atom. The molecule has 10 atom stereocenters. The third-order valence-electron chi connectivity index (χ3n) is 11.7. The molecular formula is C49H66N10O12S2. The summed E-state index contributed by atoms with van der Waals surface area (Å²) >= 11 is 8.38. The van der Waals surface area contributed by atoms with Crippen molar-refractivity contribution in [1.82, 2.24) is 47.9 Å². The number of nitrogens with one attached hydrogen (secondary N) is 9. The number of para-hydroxylation sites is 1.